The number of carbonyl (C=O) groups is 1. The zero-order valence-corrected chi connectivity index (χ0v) is 7.79. The van der Waals surface area contributed by atoms with Crippen molar-refractivity contribution in [1.82, 2.24) is 0 Å². The molecule has 0 aliphatic carbocycles. The van der Waals surface area contributed by atoms with E-state index < -0.39 is 0 Å². The van der Waals surface area contributed by atoms with Gasteiger partial charge in [0.15, 0.2) is 0 Å². The van der Waals surface area contributed by atoms with Crippen molar-refractivity contribution in [3.8, 4) is 0 Å². The summed E-state index contributed by atoms with van der Waals surface area (Å²) in [5, 5.41) is 0. The molecule has 1 heteroatoms. The molecule has 0 saturated heterocycles. The van der Waals surface area contributed by atoms with E-state index >= 15 is 0 Å². The van der Waals surface area contributed by atoms with Gasteiger partial charge in [-0.05, 0) is 26.3 Å². The number of carbonyl (C=O) groups excluding carboxylic acids is 1. The zero-order valence-electron chi connectivity index (χ0n) is 7.79. The molecule has 0 aliphatic heterocycles. The summed E-state index contributed by atoms with van der Waals surface area (Å²) in [5.74, 6) is 0. The van der Waals surface area contributed by atoms with Crippen LogP contribution in [0.2, 0.25) is 0 Å². The minimum atomic E-state index is -0.355. The zero-order chi connectivity index (χ0) is 9.19. The molecule has 0 atom stereocenters. The van der Waals surface area contributed by atoms with Crippen LogP contribution in [0.5, 0.6) is 0 Å². The largest absolute Gasteiger partial charge is 0.302 e. The summed E-state index contributed by atoms with van der Waals surface area (Å²) in [5.41, 5.74) is 1.92. The lowest BCUT2D eigenvalue weighted by Crippen LogP contribution is -2.18. The second kappa shape index (κ2) is 3.10. The summed E-state index contributed by atoms with van der Waals surface area (Å²) in [6, 6.07) is 8.05. The molecule has 0 bridgehead atoms. The van der Waals surface area contributed by atoms with Gasteiger partial charge in [0.1, 0.15) is 6.29 Å². The number of aryl methyl sites for hydroxylation is 1. The topological polar surface area (TPSA) is 17.1 Å². The lowest BCUT2D eigenvalue weighted by molar-refractivity contribution is -0.111. The Morgan fingerprint density at radius 1 is 1.33 bits per heavy atom. The molecule has 1 rings (SSSR count). The van der Waals surface area contributed by atoms with Gasteiger partial charge in [-0.1, -0.05) is 29.8 Å². The van der Waals surface area contributed by atoms with E-state index in [1.54, 1.807) is 0 Å². The van der Waals surface area contributed by atoms with E-state index in [1.165, 1.54) is 5.56 Å². The monoisotopic (exact) mass is 162 g/mol. The third-order valence-corrected chi connectivity index (χ3v) is 2.06. The first kappa shape index (κ1) is 8.98. The van der Waals surface area contributed by atoms with Crippen LogP contribution in [0.3, 0.4) is 0 Å². The maximum absolute atomic E-state index is 10.7. The molecule has 0 saturated carbocycles. The van der Waals surface area contributed by atoms with E-state index in [2.05, 4.69) is 6.07 Å². The maximum Gasteiger partial charge on any atom is 0.129 e. The lowest BCUT2D eigenvalue weighted by atomic mass is 9.86. The predicted molar refractivity (Wildman–Crippen MR) is 50.3 cm³/mol. The predicted octanol–water partition coefficient (Wildman–Crippen LogP) is 2.47. The van der Waals surface area contributed by atoms with Gasteiger partial charge in [-0.2, -0.15) is 0 Å². The minimum Gasteiger partial charge on any atom is -0.302 e. The van der Waals surface area contributed by atoms with Crippen LogP contribution in [-0.4, -0.2) is 6.29 Å². The van der Waals surface area contributed by atoms with Crippen molar-refractivity contribution < 1.29 is 4.79 Å². The average Bonchev–Trinajstić information content (AvgIpc) is 2.05. The maximum atomic E-state index is 10.7. The molecule has 0 radical (unpaired) electrons. The van der Waals surface area contributed by atoms with Crippen LogP contribution in [0.15, 0.2) is 24.3 Å². The van der Waals surface area contributed by atoms with Gasteiger partial charge in [0, 0.05) is 5.41 Å². The normalized spacial score (nSPS) is 11.2. The van der Waals surface area contributed by atoms with Crippen LogP contribution in [-0.2, 0) is 10.2 Å². The highest BCUT2D eigenvalue weighted by Gasteiger charge is 2.18. The van der Waals surface area contributed by atoms with Crippen molar-refractivity contribution in [2.45, 2.75) is 26.2 Å². The Labute approximate surface area is 73.4 Å². The van der Waals surface area contributed by atoms with Crippen molar-refractivity contribution in [2.24, 2.45) is 0 Å². The molecule has 0 N–H and O–H groups in total. The molecular weight excluding hydrogens is 148 g/mol. The number of aldehydes is 1. The van der Waals surface area contributed by atoms with E-state index in [0.717, 1.165) is 11.8 Å². The Morgan fingerprint density at radius 3 is 2.50 bits per heavy atom. The summed E-state index contributed by atoms with van der Waals surface area (Å²) in [6.45, 7) is 5.88. The highest BCUT2D eigenvalue weighted by molar-refractivity contribution is 5.67. The van der Waals surface area contributed by atoms with Crippen LogP contribution in [0.1, 0.15) is 25.0 Å². The van der Waals surface area contributed by atoms with Crippen LogP contribution in [0.25, 0.3) is 0 Å². The summed E-state index contributed by atoms with van der Waals surface area (Å²) in [7, 11) is 0. The first-order valence-corrected chi connectivity index (χ1v) is 4.10. The van der Waals surface area contributed by atoms with Gasteiger partial charge < -0.3 is 4.79 Å². The second-order valence-corrected chi connectivity index (χ2v) is 3.71. The third kappa shape index (κ3) is 1.73. The van der Waals surface area contributed by atoms with Crippen LogP contribution < -0.4 is 0 Å². The number of benzene rings is 1. The fourth-order valence-electron chi connectivity index (χ4n) is 1.11. The Kier molecular flexibility index (Phi) is 2.32. The van der Waals surface area contributed by atoms with Crippen LogP contribution >= 0.6 is 0 Å². The van der Waals surface area contributed by atoms with Crippen molar-refractivity contribution in [1.29, 1.82) is 0 Å². The molecule has 64 valence electrons. The van der Waals surface area contributed by atoms with Gasteiger partial charge in [-0.3, -0.25) is 0 Å². The van der Waals surface area contributed by atoms with E-state index in [-0.39, 0.29) is 5.41 Å². The molecule has 1 nitrogen and oxygen atoms in total. The molecule has 1 aromatic carbocycles. The van der Waals surface area contributed by atoms with Crippen LogP contribution in [0, 0.1) is 6.92 Å². The number of hydrogen-bond acceptors (Lipinski definition) is 1. The van der Waals surface area contributed by atoms with Gasteiger partial charge in [0.25, 0.3) is 0 Å². The molecule has 0 fully saturated rings. The number of hydrogen-bond donors (Lipinski definition) is 0. The second-order valence-electron chi connectivity index (χ2n) is 3.71. The first-order valence-electron chi connectivity index (χ1n) is 4.10. The average molecular weight is 162 g/mol. The number of rotatable bonds is 2. The van der Waals surface area contributed by atoms with Gasteiger partial charge in [-0.25, -0.2) is 0 Å². The standard InChI is InChI=1S/C11H14O/c1-9-5-4-6-10(7-9)11(2,3)8-12/h4-8H,1-3H3. The molecule has 0 unspecified atom stereocenters. The van der Waals surface area contributed by atoms with Gasteiger partial charge in [0.05, 0.1) is 0 Å². The van der Waals surface area contributed by atoms with Gasteiger partial charge >= 0.3 is 0 Å². The molecule has 0 heterocycles. The highest BCUT2D eigenvalue weighted by Crippen LogP contribution is 2.20. The molecule has 1 aromatic rings. The lowest BCUT2D eigenvalue weighted by Gasteiger charge is -2.17. The van der Waals surface area contributed by atoms with Gasteiger partial charge in [-0.15, -0.1) is 0 Å². The first-order chi connectivity index (χ1) is 5.56. The van der Waals surface area contributed by atoms with Gasteiger partial charge in [0.2, 0.25) is 0 Å². The smallest absolute Gasteiger partial charge is 0.129 e. The van der Waals surface area contributed by atoms with Crippen molar-refractivity contribution in [3.05, 3.63) is 35.4 Å². The third-order valence-electron chi connectivity index (χ3n) is 2.06. The molecule has 0 spiro atoms. The summed E-state index contributed by atoms with van der Waals surface area (Å²) in [6.07, 6.45) is 0.988. The SMILES string of the molecule is Cc1cccc(C(C)(C)C=O)c1. The fraction of sp³-hybridized carbons (Fsp3) is 0.364. The minimum absolute atomic E-state index is 0.355. The van der Waals surface area contributed by atoms with Crippen molar-refractivity contribution in [3.63, 3.8) is 0 Å². The van der Waals surface area contributed by atoms with Crippen molar-refractivity contribution in [2.75, 3.05) is 0 Å². The quantitative estimate of drug-likeness (QED) is 0.610. The van der Waals surface area contributed by atoms with E-state index in [9.17, 15) is 4.79 Å². The Morgan fingerprint density at radius 2 is 2.00 bits per heavy atom. The highest BCUT2D eigenvalue weighted by atomic mass is 16.1. The van der Waals surface area contributed by atoms with Crippen LogP contribution in [0.4, 0.5) is 0 Å². The Bertz CT molecular complexity index is 287. The molecule has 0 aliphatic rings. The molecule has 12 heavy (non-hydrogen) atoms. The fourth-order valence-corrected chi connectivity index (χ4v) is 1.11. The Hall–Kier alpha value is -1.11. The van der Waals surface area contributed by atoms with E-state index in [0.29, 0.717) is 0 Å². The summed E-state index contributed by atoms with van der Waals surface area (Å²) in [4.78, 5) is 10.7. The summed E-state index contributed by atoms with van der Waals surface area (Å²) >= 11 is 0. The van der Waals surface area contributed by atoms with E-state index in [1.807, 2.05) is 39.0 Å². The summed E-state index contributed by atoms with van der Waals surface area (Å²) < 4.78 is 0. The Balaban J connectivity index is 3.11. The molecular formula is C11H14O. The van der Waals surface area contributed by atoms with E-state index in [4.69, 9.17) is 0 Å². The molecule has 0 aromatic heterocycles. The van der Waals surface area contributed by atoms with Crippen molar-refractivity contribution >= 4 is 6.29 Å². The molecule has 0 amide bonds.